The number of aromatic nitrogens is 4. The third-order valence-corrected chi connectivity index (χ3v) is 6.03. The van der Waals surface area contributed by atoms with E-state index in [4.69, 9.17) is 11.6 Å². The number of carbonyl (C=O) groups excluding carboxylic acids is 1. The zero-order valence-electron chi connectivity index (χ0n) is 17.1. The highest BCUT2D eigenvalue weighted by Crippen LogP contribution is 2.38. The minimum Gasteiger partial charge on any atom is -0.361 e. The molecule has 31 heavy (non-hydrogen) atoms. The molecule has 1 amide bonds. The average molecular weight is 437 g/mol. The Morgan fingerprint density at radius 1 is 1.29 bits per heavy atom. The van der Waals surface area contributed by atoms with Crippen LogP contribution in [0.2, 0.25) is 5.02 Å². The summed E-state index contributed by atoms with van der Waals surface area (Å²) in [7, 11) is 1.58. The first-order chi connectivity index (χ1) is 15.0. The van der Waals surface area contributed by atoms with Crippen molar-refractivity contribution >= 4 is 45.1 Å². The normalized spacial score (nSPS) is 14.7. The zero-order chi connectivity index (χ0) is 21.7. The van der Waals surface area contributed by atoms with Crippen LogP contribution < -0.4 is 16.2 Å². The lowest BCUT2D eigenvalue weighted by atomic mass is 10.1. The van der Waals surface area contributed by atoms with E-state index < -0.39 is 0 Å². The molecule has 9 heteroatoms. The Bertz CT molecular complexity index is 1390. The summed E-state index contributed by atoms with van der Waals surface area (Å²) < 4.78 is 1.85. The Kier molecular flexibility index (Phi) is 4.66. The van der Waals surface area contributed by atoms with Gasteiger partial charge < -0.3 is 20.2 Å². The first-order valence-electron chi connectivity index (χ1n) is 10.1. The quantitative estimate of drug-likeness (QED) is 0.441. The Balaban J connectivity index is 1.63. The third-order valence-electron chi connectivity index (χ3n) is 5.71. The number of pyridine rings is 1. The van der Waals surface area contributed by atoms with E-state index in [-0.39, 0.29) is 23.6 Å². The van der Waals surface area contributed by atoms with Crippen LogP contribution in [0.15, 0.2) is 41.6 Å². The van der Waals surface area contributed by atoms with E-state index in [1.165, 1.54) is 6.33 Å². The molecule has 0 spiro atoms. The van der Waals surface area contributed by atoms with Crippen LogP contribution in [0.4, 0.5) is 5.82 Å². The van der Waals surface area contributed by atoms with E-state index in [9.17, 15) is 9.59 Å². The topological polar surface area (TPSA) is 105 Å². The van der Waals surface area contributed by atoms with E-state index >= 15 is 0 Å². The van der Waals surface area contributed by atoms with Gasteiger partial charge in [-0.3, -0.25) is 9.59 Å². The minimum absolute atomic E-state index is 0.0743. The van der Waals surface area contributed by atoms with Gasteiger partial charge in [0, 0.05) is 25.0 Å². The standard InChI is InChI=1S/C22H21ClN6O2/c1-11(28-20-18-14(21(30)24-2)9-25-19(18)26-10-27-20)16-8-12-4-3-5-15(23)17(12)22(31)29(16)13-6-7-13/h3-5,8-11,13H,6-7H2,1-2H3,(H,24,30)(H2,25,26,27,28)/t11-/m0/s1. The molecule has 1 aliphatic rings. The van der Waals surface area contributed by atoms with Gasteiger partial charge in [0.25, 0.3) is 11.5 Å². The maximum Gasteiger partial charge on any atom is 0.260 e. The van der Waals surface area contributed by atoms with Crippen molar-refractivity contribution in [3.8, 4) is 0 Å². The van der Waals surface area contributed by atoms with Crippen molar-refractivity contribution < 1.29 is 4.79 Å². The van der Waals surface area contributed by atoms with Crippen LogP contribution in [-0.2, 0) is 0 Å². The molecule has 0 bridgehead atoms. The molecule has 5 rings (SSSR count). The van der Waals surface area contributed by atoms with Crippen molar-refractivity contribution in [2.24, 2.45) is 0 Å². The van der Waals surface area contributed by atoms with Gasteiger partial charge >= 0.3 is 0 Å². The lowest BCUT2D eigenvalue weighted by Crippen LogP contribution is -2.26. The number of amides is 1. The molecule has 3 aromatic heterocycles. The maximum absolute atomic E-state index is 13.3. The molecule has 0 unspecified atom stereocenters. The summed E-state index contributed by atoms with van der Waals surface area (Å²) in [6.07, 6.45) is 4.99. The zero-order valence-corrected chi connectivity index (χ0v) is 17.8. The molecular formula is C22H21ClN6O2. The lowest BCUT2D eigenvalue weighted by molar-refractivity contribution is 0.0964. The molecule has 4 aromatic rings. The predicted octanol–water partition coefficient (Wildman–Crippen LogP) is 3.79. The molecule has 8 nitrogen and oxygen atoms in total. The van der Waals surface area contributed by atoms with Gasteiger partial charge in [-0.15, -0.1) is 0 Å². The fourth-order valence-corrected chi connectivity index (χ4v) is 4.32. The summed E-state index contributed by atoms with van der Waals surface area (Å²) in [5.41, 5.74) is 1.80. The second-order valence-corrected chi connectivity index (χ2v) is 8.18. The third kappa shape index (κ3) is 3.23. The first-order valence-corrected chi connectivity index (χ1v) is 10.5. The number of benzene rings is 1. The number of halogens is 1. The van der Waals surface area contributed by atoms with Crippen LogP contribution in [0, 0.1) is 0 Å². The number of nitrogens with zero attached hydrogens (tertiary/aromatic N) is 3. The predicted molar refractivity (Wildman–Crippen MR) is 121 cm³/mol. The van der Waals surface area contributed by atoms with Crippen LogP contribution in [0.1, 0.15) is 47.9 Å². The minimum atomic E-state index is -0.248. The maximum atomic E-state index is 13.3. The lowest BCUT2D eigenvalue weighted by Gasteiger charge is -2.21. The number of nitrogens with one attached hydrogen (secondary N) is 3. The highest BCUT2D eigenvalue weighted by molar-refractivity contribution is 6.35. The molecule has 0 aliphatic heterocycles. The molecule has 1 atom stereocenters. The Hall–Kier alpha value is -3.39. The number of H-pyrrole nitrogens is 1. The van der Waals surface area contributed by atoms with E-state index in [1.54, 1.807) is 19.3 Å². The number of fused-ring (bicyclic) bond motifs is 2. The van der Waals surface area contributed by atoms with Crippen molar-refractivity contribution in [3.05, 3.63) is 63.4 Å². The average Bonchev–Trinajstić information content (AvgIpc) is 3.50. The number of rotatable bonds is 5. The SMILES string of the molecule is CNC(=O)c1c[nH]c2ncnc(N[C@@H](C)c3cc4cccc(Cl)c4c(=O)n3C3CC3)c12. The summed E-state index contributed by atoms with van der Waals surface area (Å²) in [6, 6.07) is 7.42. The second-order valence-electron chi connectivity index (χ2n) is 7.77. The van der Waals surface area contributed by atoms with Crippen molar-refractivity contribution in [1.82, 2.24) is 24.8 Å². The Morgan fingerprint density at radius 2 is 2.10 bits per heavy atom. The van der Waals surface area contributed by atoms with Gasteiger partial charge in [-0.1, -0.05) is 23.7 Å². The van der Waals surface area contributed by atoms with Crippen molar-refractivity contribution in [3.63, 3.8) is 0 Å². The van der Waals surface area contributed by atoms with Crippen LogP contribution in [0.3, 0.4) is 0 Å². The van der Waals surface area contributed by atoms with E-state index in [0.29, 0.717) is 32.8 Å². The first kappa shape index (κ1) is 19.6. The smallest absolute Gasteiger partial charge is 0.260 e. The Morgan fingerprint density at radius 3 is 2.84 bits per heavy atom. The van der Waals surface area contributed by atoms with E-state index in [1.807, 2.05) is 29.7 Å². The second kappa shape index (κ2) is 7.39. The van der Waals surface area contributed by atoms with Gasteiger partial charge in [-0.2, -0.15) is 0 Å². The fourth-order valence-electron chi connectivity index (χ4n) is 4.06. The molecule has 1 aromatic carbocycles. The number of hydrogen-bond donors (Lipinski definition) is 3. The van der Waals surface area contributed by atoms with E-state index in [2.05, 4.69) is 25.6 Å². The number of anilines is 1. The molecule has 1 fully saturated rings. The van der Waals surface area contributed by atoms with E-state index in [0.717, 1.165) is 23.9 Å². The van der Waals surface area contributed by atoms with Gasteiger partial charge in [0.2, 0.25) is 0 Å². The van der Waals surface area contributed by atoms with Gasteiger partial charge in [-0.05, 0) is 37.3 Å². The van der Waals surface area contributed by atoms with Gasteiger partial charge in [0.05, 0.1) is 27.4 Å². The van der Waals surface area contributed by atoms with Crippen molar-refractivity contribution in [2.45, 2.75) is 31.8 Å². The molecule has 1 aliphatic carbocycles. The van der Waals surface area contributed by atoms with Crippen LogP contribution >= 0.6 is 11.6 Å². The number of carbonyl (C=O) groups is 1. The van der Waals surface area contributed by atoms with Gasteiger partial charge in [0.15, 0.2) is 0 Å². The summed E-state index contributed by atoms with van der Waals surface area (Å²) in [4.78, 5) is 37.2. The van der Waals surface area contributed by atoms with Crippen LogP contribution in [0.5, 0.6) is 0 Å². The summed E-state index contributed by atoms with van der Waals surface area (Å²) in [5, 5.41) is 8.45. The molecule has 158 valence electrons. The summed E-state index contributed by atoms with van der Waals surface area (Å²) >= 11 is 6.35. The van der Waals surface area contributed by atoms with Gasteiger partial charge in [-0.25, -0.2) is 9.97 Å². The summed E-state index contributed by atoms with van der Waals surface area (Å²) in [6.45, 7) is 1.98. The monoisotopic (exact) mass is 436 g/mol. The molecule has 0 radical (unpaired) electrons. The highest BCUT2D eigenvalue weighted by Gasteiger charge is 2.30. The fraction of sp³-hybridized carbons (Fsp3) is 0.273. The summed E-state index contributed by atoms with van der Waals surface area (Å²) in [5.74, 6) is 0.297. The Labute approximate surface area is 182 Å². The molecule has 3 heterocycles. The van der Waals surface area contributed by atoms with Gasteiger partial charge in [0.1, 0.15) is 17.8 Å². The van der Waals surface area contributed by atoms with Crippen molar-refractivity contribution in [1.29, 1.82) is 0 Å². The van der Waals surface area contributed by atoms with Crippen molar-refractivity contribution in [2.75, 3.05) is 12.4 Å². The number of hydrogen-bond acceptors (Lipinski definition) is 5. The molecule has 3 N–H and O–H groups in total. The van der Waals surface area contributed by atoms with Crippen LogP contribution in [0.25, 0.3) is 21.8 Å². The molecule has 1 saturated carbocycles. The molecule has 0 saturated heterocycles. The molecular weight excluding hydrogens is 416 g/mol. The highest BCUT2D eigenvalue weighted by atomic mass is 35.5. The largest absolute Gasteiger partial charge is 0.361 e. The number of aromatic amines is 1. The van der Waals surface area contributed by atoms with Crippen LogP contribution in [-0.4, -0.2) is 32.5 Å².